The topological polar surface area (TPSA) is 70.4 Å². The molecule has 12 heavy (non-hydrogen) atoms. The molecule has 0 bridgehead atoms. The van der Waals surface area contributed by atoms with Gasteiger partial charge in [0, 0.05) is 6.20 Å². The summed E-state index contributed by atoms with van der Waals surface area (Å²) in [5, 5.41) is 14.5. The zero-order valence-corrected chi connectivity index (χ0v) is 13.5. The number of hydrogen-bond donors (Lipinski definition) is 2. The van der Waals surface area contributed by atoms with Crippen molar-refractivity contribution in [3.63, 3.8) is 0 Å². The second-order valence-electron chi connectivity index (χ2n) is 1.44. The largest absolute Gasteiger partial charge is 1.00 e. The summed E-state index contributed by atoms with van der Waals surface area (Å²) < 4.78 is 0. The molecule has 1 aromatic rings. The molecule has 1 aromatic heterocycles. The van der Waals surface area contributed by atoms with Crippen LogP contribution in [-0.4, -0.2) is 21.4 Å². The molecular formula is C6H7ClCsNO3. The van der Waals surface area contributed by atoms with E-state index in [1.165, 1.54) is 0 Å². The van der Waals surface area contributed by atoms with Crippen molar-refractivity contribution < 1.29 is 85.3 Å². The number of rotatable bonds is 0. The maximum Gasteiger partial charge on any atom is 1.00 e. The van der Waals surface area contributed by atoms with Crippen LogP contribution in [0.4, 0.5) is 4.79 Å². The summed E-state index contributed by atoms with van der Waals surface area (Å²) in [5.74, 6) is 0. The van der Waals surface area contributed by atoms with Crippen LogP contribution < -0.4 is 68.9 Å². The number of halogens is 1. The molecule has 0 aliphatic heterocycles. The summed E-state index contributed by atoms with van der Waals surface area (Å²) in [6, 6.07) is 5.41. The van der Waals surface area contributed by atoms with Crippen molar-refractivity contribution in [2.24, 2.45) is 0 Å². The first kappa shape index (κ1) is 15.2. The number of aromatic nitrogens is 1. The summed E-state index contributed by atoms with van der Waals surface area (Å²) in [4.78, 5) is 12.3. The fourth-order valence-electron chi connectivity index (χ4n) is 0.342. The average molecular weight is 309 g/mol. The molecule has 4 nitrogen and oxygen atoms in total. The summed E-state index contributed by atoms with van der Waals surface area (Å²) in [7, 11) is 0. The second kappa shape index (κ2) is 9.85. The third-order valence-corrected chi connectivity index (χ3v) is 0.852. The van der Waals surface area contributed by atoms with Gasteiger partial charge in [-0.15, -0.1) is 0 Å². The molecule has 0 aliphatic rings. The van der Waals surface area contributed by atoms with E-state index >= 15 is 0 Å². The Morgan fingerprint density at radius 2 is 2.00 bits per heavy atom. The Hall–Kier alpha value is 0.762. The predicted molar refractivity (Wildman–Crippen MR) is 41.0 cm³/mol. The van der Waals surface area contributed by atoms with E-state index in [9.17, 15) is 0 Å². The zero-order valence-electron chi connectivity index (χ0n) is 7.44. The van der Waals surface area contributed by atoms with Crippen LogP contribution in [0.1, 0.15) is 1.43 Å². The van der Waals surface area contributed by atoms with Gasteiger partial charge < -0.3 is 11.6 Å². The molecule has 0 saturated carbocycles. The van der Waals surface area contributed by atoms with Gasteiger partial charge in [0.1, 0.15) is 5.15 Å². The molecule has 2 N–H and O–H groups in total. The fraction of sp³-hybridized carbons (Fsp3) is 0. The summed E-state index contributed by atoms with van der Waals surface area (Å²) in [6.07, 6.45) is -0.178. The smallest absolute Gasteiger partial charge is 1.00 e. The van der Waals surface area contributed by atoms with Crippen LogP contribution in [0.15, 0.2) is 24.4 Å². The molecule has 0 aromatic carbocycles. The molecule has 62 valence electrons. The van der Waals surface area contributed by atoms with Gasteiger partial charge in [-0.25, -0.2) is 9.78 Å². The molecule has 0 aliphatic carbocycles. The minimum atomic E-state index is -1.83. The third kappa shape index (κ3) is 13.4. The number of carboxylic acid groups (broad SMARTS) is 2. The van der Waals surface area contributed by atoms with Gasteiger partial charge in [0.05, 0.1) is 0 Å². The van der Waals surface area contributed by atoms with Crippen LogP contribution >= 0.6 is 11.6 Å². The number of pyridine rings is 1. The minimum absolute atomic E-state index is 0. The van der Waals surface area contributed by atoms with E-state index in [4.69, 9.17) is 26.6 Å². The molecule has 1 heterocycles. The van der Waals surface area contributed by atoms with E-state index in [2.05, 4.69) is 4.98 Å². The van der Waals surface area contributed by atoms with Gasteiger partial charge >= 0.3 is 75.0 Å². The third-order valence-electron chi connectivity index (χ3n) is 0.629. The van der Waals surface area contributed by atoms with E-state index in [1.807, 2.05) is 12.1 Å². The molecule has 0 radical (unpaired) electrons. The minimum Gasteiger partial charge on any atom is -1.00 e. The van der Waals surface area contributed by atoms with Crippen molar-refractivity contribution in [2.45, 2.75) is 0 Å². The Bertz CT molecular complexity index is 220. The van der Waals surface area contributed by atoms with Crippen LogP contribution in [0.3, 0.4) is 0 Å². The van der Waals surface area contributed by atoms with Crippen LogP contribution in [0.25, 0.3) is 0 Å². The molecule has 0 fully saturated rings. The first-order valence-electron chi connectivity index (χ1n) is 2.61. The average Bonchev–Trinajstić information content (AvgIpc) is 1.87. The van der Waals surface area contributed by atoms with Crippen molar-refractivity contribution in [1.82, 2.24) is 4.98 Å². The summed E-state index contributed by atoms with van der Waals surface area (Å²) in [6.45, 7) is 0. The van der Waals surface area contributed by atoms with Crippen molar-refractivity contribution in [3.05, 3.63) is 29.5 Å². The van der Waals surface area contributed by atoms with Crippen molar-refractivity contribution in [1.29, 1.82) is 0 Å². The Balaban J connectivity index is -0.000000150. The number of carbonyl (C=O) groups is 1. The van der Waals surface area contributed by atoms with Crippen molar-refractivity contribution in [2.75, 3.05) is 0 Å². The Labute approximate surface area is 135 Å². The van der Waals surface area contributed by atoms with Gasteiger partial charge in [-0.1, -0.05) is 17.7 Å². The van der Waals surface area contributed by atoms with Gasteiger partial charge in [-0.2, -0.15) is 0 Å². The zero-order chi connectivity index (χ0) is 8.69. The quantitative estimate of drug-likeness (QED) is 0.608. The monoisotopic (exact) mass is 309 g/mol. The Kier molecular flexibility index (Phi) is 12.5. The van der Waals surface area contributed by atoms with Crippen LogP contribution in [0.2, 0.25) is 5.15 Å². The van der Waals surface area contributed by atoms with Gasteiger partial charge in [0.15, 0.2) is 0 Å². The maximum absolute atomic E-state index is 8.56. The van der Waals surface area contributed by atoms with E-state index in [1.54, 1.807) is 12.3 Å². The number of hydrogen-bond acceptors (Lipinski definition) is 2. The number of nitrogens with zero attached hydrogens (tertiary/aromatic N) is 1. The first-order chi connectivity index (χ1) is 5.13. The van der Waals surface area contributed by atoms with Crippen molar-refractivity contribution in [3.8, 4) is 0 Å². The van der Waals surface area contributed by atoms with Crippen LogP contribution in [0, 0.1) is 0 Å². The summed E-state index contributed by atoms with van der Waals surface area (Å²) >= 11 is 5.43. The normalized spacial score (nSPS) is 7.08. The molecule has 0 amide bonds. The SMILES string of the molecule is Clc1ccccn1.O=C(O)O.[Cs+].[H-]. The maximum atomic E-state index is 8.56. The van der Waals surface area contributed by atoms with Gasteiger partial charge in [0.25, 0.3) is 0 Å². The molecule has 0 saturated heterocycles. The standard InChI is InChI=1S/C5H4ClN.CH2O3.Cs.H/c6-5-3-1-2-4-7-5;2-1(3)4;;/h1-4H;(H2,2,3,4);;/q;;+1;-1. The van der Waals surface area contributed by atoms with Crippen LogP contribution in [-0.2, 0) is 0 Å². The van der Waals surface area contributed by atoms with E-state index < -0.39 is 6.16 Å². The molecule has 0 unspecified atom stereocenters. The predicted octanol–water partition coefficient (Wildman–Crippen LogP) is -0.926. The van der Waals surface area contributed by atoms with Gasteiger partial charge in [0.2, 0.25) is 0 Å². The van der Waals surface area contributed by atoms with Gasteiger partial charge in [-0.3, -0.25) is 0 Å². The van der Waals surface area contributed by atoms with Crippen LogP contribution in [0.5, 0.6) is 0 Å². The van der Waals surface area contributed by atoms with E-state index in [-0.39, 0.29) is 70.3 Å². The van der Waals surface area contributed by atoms with Gasteiger partial charge in [-0.05, 0) is 12.1 Å². The van der Waals surface area contributed by atoms with Crippen molar-refractivity contribution >= 4 is 17.8 Å². The summed E-state index contributed by atoms with van der Waals surface area (Å²) in [5.41, 5.74) is 0. The Morgan fingerprint density at radius 3 is 2.17 bits per heavy atom. The van der Waals surface area contributed by atoms with E-state index in [0.717, 1.165) is 0 Å². The Morgan fingerprint density at radius 1 is 1.50 bits per heavy atom. The second-order valence-corrected chi connectivity index (χ2v) is 1.82. The molecule has 1 rings (SSSR count). The molecule has 6 heteroatoms. The molecule has 0 spiro atoms. The fourth-order valence-corrected chi connectivity index (χ4v) is 0.471. The molecular weight excluding hydrogens is 302 g/mol. The first-order valence-corrected chi connectivity index (χ1v) is 2.99. The molecule has 0 atom stereocenters. The van der Waals surface area contributed by atoms with E-state index in [0.29, 0.717) is 5.15 Å².